The average Bonchev–Trinajstić information content (AvgIpc) is 2.81. The van der Waals surface area contributed by atoms with Gasteiger partial charge in [0.15, 0.2) is 0 Å². The van der Waals surface area contributed by atoms with Gasteiger partial charge in [-0.25, -0.2) is 0 Å². The average molecular weight is 302 g/mol. The van der Waals surface area contributed by atoms with Crippen molar-refractivity contribution < 1.29 is 0 Å². The number of hydrogen-bond donors (Lipinski definition) is 1. The highest BCUT2D eigenvalue weighted by atomic mass is 35.5. The molecule has 0 aliphatic rings. The molecule has 0 fully saturated rings. The third-order valence-corrected chi connectivity index (χ3v) is 4.34. The molecule has 18 heavy (non-hydrogen) atoms. The highest BCUT2D eigenvalue weighted by Gasteiger charge is 2.21. The summed E-state index contributed by atoms with van der Waals surface area (Å²) in [6.45, 7) is 4.12. The third-order valence-electron chi connectivity index (χ3n) is 2.69. The Labute approximate surface area is 120 Å². The molecular weight excluding hydrogens is 289 g/mol. The number of aromatic nitrogens is 2. The highest BCUT2D eigenvalue weighted by molar-refractivity contribution is 7.05. The fourth-order valence-corrected chi connectivity index (χ4v) is 2.98. The van der Waals surface area contributed by atoms with Gasteiger partial charge in [0.2, 0.25) is 0 Å². The second-order valence-corrected chi connectivity index (χ2v) is 5.87. The number of benzene rings is 1. The molecule has 0 aliphatic carbocycles. The fourth-order valence-electron chi connectivity index (χ4n) is 1.72. The van der Waals surface area contributed by atoms with E-state index in [0.717, 1.165) is 16.1 Å². The van der Waals surface area contributed by atoms with Crippen LogP contribution in [0.3, 0.4) is 0 Å². The Kier molecular flexibility index (Phi) is 4.22. The minimum atomic E-state index is -0.339. The van der Waals surface area contributed by atoms with E-state index in [2.05, 4.69) is 23.4 Å². The zero-order valence-electron chi connectivity index (χ0n) is 10.0. The van der Waals surface area contributed by atoms with Gasteiger partial charge in [-0.05, 0) is 29.1 Å². The van der Waals surface area contributed by atoms with Gasteiger partial charge < -0.3 is 5.73 Å². The molecule has 96 valence electrons. The van der Waals surface area contributed by atoms with Crippen LogP contribution in [0.1, 0.15) is 41.9 Å². The molecule has 1 aromatic heterocycles. The largest absolute Gasteiger partial charge is 0.319 e. The third kappa shape index (κ3) is 2.52. The van der Waals surface area contributed by atoms with Gasteiger partial charge in [-0.3, -0.25) is 0 Å². The Morgan fingerprint density at radius 2 is 2.00 bits per heavy atom. The maximum absolute atomic E-state index is 6.26. The highest BCUT2D eigenvalue weighted by Crippen LogP contribution is 2.35. The quantitative estimate of drug-likeness (QED) is 0.931. The Hall–Kier alpha value is -0.680. The molecule has 0 bridgehead atoms. The van der Waals surface area contributed by atoms with Gasteiger partial charge in [0.05, 0.1) is 26.7 Å². The van der Waals surface area contributed by atoms with Crippen molar-refractivity contribution in [3.63, 3.8) is 0 Å². The monoisotopic (exact) mass is 301 g/mol. The molecule has 0 saturated heterocycles. The Balaban J connectivity index is 2.45. The first kappa shape index (κ1) is 13.7. The minimum Gasteiger partial charge on any atom is -0.319 e. The maximum atomic E-state index is 6.26. The van der Waals surface area contributed by atoms with Crippen LogP contribution in [0.4, 0.5) is 0 Å². The van der Waals surface area contributed by atoms with Crippen LogP contribution in [0, 0.1) is 0 Å². The van der Waals surface area contributed by atoms with E-state index in [1.54, 1.807) is 6.07 Å². The standard InChI is InChI=1S/C12H13Cl2N3S/c1-6(2)11-12(18-17-16-11)10(15)7-4-3-5-8(13)9(7)14/h3-6,10H,15H2,1-2H3. The summed E-state index contributed by atoms with van der Waals surface area (Å²) in [4.78, 5) is 0.939. The zero-order chi connectivity index (χ0) is 13.3. The van der Waals surface area contributed by atoms with Crippen molar-refractivity contribution in [1.29, 1.82) is 0 Å². The normalized spacial score (nSPS) is 13.0. The van der Waals surface area contributed by atoms with E-state index in [0.29, 0.717) is 10.0 Å². The minimum absolute atomic E-state index is 0.280. The first-order chi connectivity index (χ1) is 8.52. The van der Waals surface area contributed by atoms with Gasteiger partial charge >= 0.3 is 0 Å². The predicted octanol–water partition coefficient (Wildman–Crippen LogP) is 4.02. The van der Waals surface area contributed by atoms with Gasteiger partial charge in [0.1, 0.15) is 0 Å². The summed E-state index contributed by atoms with van der Waals surface area (Å²) in [5, 5.41) is 5.13. The summed E-state index contributed by atoms with van der Waals surface area (Å²) in [7, 11) is 0. The van der Waals surface area contributed by atoms with Crippen molar-refractivity contribution in [2.45, 2.75) is 25.8 Å². The summed E-state index contributed by atoms with van der Waals surface area (Å²) < 4.78 is 3.98. The van der Waals surface area contributed by atoms with E-state index in [4.69, 9.17) is 28.9 Å². The number of halogens is 2. The lowest BCUT2D eigenvalue weighted by Gasteiger charge is -2.14. The van der Waals surface area contributed by atoms with Crippen molar-refractivity contribution in [1.82, 2.24) is 9.59 Å². The lowest BCUT2D eigenvalue weighted by atomic mass is 10.0. The molecule has 1 aromatic carbocycles. The molecule has 1 unspecified atom stereocenters. The number of nitrogens with zero attached hydrogens (tertiary/aromatic N) is 2. The van der Waals surface area contributed by atoms with E-state index >= 15 is 0 Å². The lowest BCUT2D eigenvalue weighted by Crippen LogP contribution is -2.13. The molecule has 0 aliphatic heterocycles. The van der Waals surface area contributed by atoms with Gasteiger partial charge in [-0.2, -0.15) is 0 Å². The summed E-state index contributed by atoms with van der Waals surface area (Å²) in [5.41, 5.74) is 7.98. The number of nitrogens with two attached hydrogens (primary N) is 1. The van der Waals surface area contributed by atoms with Crippen molar-refractivity contribution in [2.24, 2.45) is 5.73 Å². The molecule has 0 spiro atoms. The second-order valence-electron chi connectivity index (χ2n) is 4.30. The van der Waals surface area contributed by atoms with Crippen LogP contribution in [-0.4, -0.2) is 9.59 Å². The zero-order valence-corrected chi connectivity index (χ0v) is 12.4. The Morgan fingerprint density at radius 3 is 2.67 bits per heavy atom. The number of hydrogen-bond acceptors (Lipinski definition) is 4. The second kappa shape index (κ2) is 5.53. The van der Waals surface area contributed by atoms with Crippen molar-refractivity contribution in [3.8, 4) is 0 Å². The van der Waals surface area contributed by atoms with Crippen LogP contribution in [0.5, 0.6) is 0 Å². The molecule has 6 heteroatoms. The van der Waals surface area contributed by atoms with Gasteiger partial charge in [-0.15, -0.1) is 5.10 Å². The first-order valence-electron chi connectivity index (χ1n) is 5.54. The van der Waals surface area contributed by atoms with Crippen molar-refractivity contribution in [3.05, 3.63) is 44.4 Å². The lowest BCUT2D eigenvalue weighted by molar-refractivity contribution is 0.771. The summed E-state index contributed by atoms with van der Waals surface area (Å²) >= 11 is 13.5. The van der Waals surface area contributed by atoms with Crippen LogP contribution in [0.2, 0.25) is 10.0 Å². The molecule has 2 N–H and O–H groups in total. The molecule has 3 nitrogen and oxygen atoms in total. The molecule has 0 saturated carbocycles. The van der Waals surface area contributed by atoms with Crippen LogP contribution >= 0.6 is 34.7 Å². The van der Waals surface area contributed by atoms with E-state index in [1.807, 2.05) is 12.1 Å². The summed E-state index contributed by atoms with van der Waals surface area (Å²) in [6.07, 6.45) is 0. The number of rotatable bonds is 3. The van der Waals surface area contributed by atoms with Gasteiger partial charge in [0.25, 0.3) is 0 Å². The molecular formula is C12H13Cl2N3S. The molecule has 0 radical (unpaired) electrons. The van der Waals surface area contributed by atoms with E-state index < -0.39 is 0 Å². The summed E-state index contributed by atoms with van der Waals surface area (Å²) in [5.74, 6) is 0.280. The van der Waals surface area contributed by atoms with Gasteiger partial charge in [0, 0.05) is 0 Å². The van der Waals surface area contributed by atoms with E-state index in [1.165, 1.54) is 11.5 Å². The Bertz CT molecular complexity index is 554. The van der Waals surface area contributed by atoms with E-state index in [9.17, 15) is 0 Å². The molecule has 2 aromatic rings. The van der Waals surface area contributed by atoms with Crippen LogP contribution in [-0.2, 0) is 0 Å². The van der Waals surface area contributed by atoms with Crippen molar-refractivity contribution >= 4 is 34.7 Å². The van der Waals surface area contributed by atoms with Crippen LogP contribution in [0.25, 0.3) is 0 Å². The predicted molar refractivity (Wildman–Crippen MR) is 76.5 cm³/mol. The molecule has 1 atom stereocenters. The van der Waals surface area contributed by atoms with Gasteiger partial charge in [-0.1, -0.05) is 53.7 Å². The fraction of sp³-hybridized carbons (Fsp3) is 0.333. The topological polar surface area (TPSA) is 51.8 Å². The smallest absolute Gasteiger partial charge is 0.0832 e. The summed E-state index contributed by atoms with van der Waals surface area (Å²) in [6, 6.07) is 5.12. The van der Waals surface area contributed by atoms with Crippen LogP contribution in [0.15, 0.2) is 18.2 Å². The molecule has 2 rings (SSSR count). The van der Waals surface area contributed by atoms with E-state index in [-0.39, 0.29) is 12.0 Å². The van der Waals surface area contributed by atoms with Crippen LogP contribution < -0.4 is 5.73 Å². The first-order valence-corrected chi connectivity index (χ1v) is 7.07. The molecule has 1 heterocycles. The van der Waals surface area contributed by atoms with Crippen molar-refractivity contribution in [2.75, 3.05) is 0 Å². The maximum Gasteiger partial charge on any atom is 0.0832 e. The SMILES string of the molecule is CC(C)c1nnsc1C(N)c1cccc(Cl)c1Cl. The Morgan fingerprint density at radius 1 is 1.28 bits per heavy atom. The molecule has 0 amide bonds.